The lowest BCUT2D eigenvalue weighted by Gasteiger charge is -1.89. The Labute approximate surface area is 73.8 Å². The highest BCUT2D eigenvalue weighted by Gasteiger charge is 2.15. The van der Waals surface area contributed by atoms with Crippen LogP contribution < -0.4 is 0 Å². The van der Waals surface area contributed by atoms with E-state index < -0.39 is 0 Å². The van der Waals surface area contributed by atoms with Crippen molar-refractivity contribution in [2.24, 2.45) is 5.18 Å². The van der Waals surface area contributed by atoms with Crippen LogP contribution in [0, 0.1) is 4.91 Å². The second-order valence-corrected chi connectivity index (χ2v) is 2.35. The minimum Gasteiger partial charge on any atom is -0.240 e. The lowest BCUT2D eigenvalue weighted by atomic mass is 10.6. The van der Waals surface area contributed by atoms with Gasteiger partial charge in [-0.1, -0.05) is 0 Å². The Balaban J connectivity index is 2.65. The molecule has 0 amide bonds. The zero-order chi connectivity index (χ0) is 9.54. The molecule has 0 aromatic carbocycles. The predicted octanol–water partition coefficient (Wildman–Crippen LogP) is -0.547. The van der Waals surface area contributed by atoms with Crippen LogP contribution in [0.15, 0.2) is 9.81 Å². The van der Waals surface area contributed by atoms with Gasteiger partial charge in [0.1, 0.15) is 0 Å². The maximum absolute atomic E-state index is 10.4. The van der Waals surface area contributed by atoms with E-state index in [9.17, 15) is 4.91 Å². The van der Waals surface area contributed by atoms with E-state index in [1.807, 2.05) is 0 Å². The van der Waals surface area contributed by atoms with E-state index in [0.717, 1.165) is 0 Å². The summed E-state index contributed by atoms with van der Waals surface area (Å²) in [6, 6.07) is 0. The van der Waals surface area contributed by atoms with E-state index in [1.54, 1.807) is 0 Å². The predicted molar refractivity (Wildman–Crippen MR) is 39.4 cm³/mol. The highest BCUT2D eigenvalue weighted by atomic mass is 16.6. The van der Waals surface area contributed by atoms with Crippen LogP contribution in [0.4, 0.5) is 5.82 Å². The van der Waals surface area contributed by atoms with Crippen LogP contribution in [0.5, 0.6) is 0 Å². The van der Waals surface area contributed by atoms with Gasteiger partial charge in [-0.2, -0.15) is 9.50 Å². The number of fused-ring (bicyclic) bond motifs is 3. The Morgan fingerprint density at radius 2 is 2.21 bits per heavy atom. The molecule has 0 N–H and O–H groups in total. The summed E-state index contributed by atoms with van der Waals surface area (Å²) in [7, 11) is 0. The fraction of sp³-hybridized carbons (Fsp3) is 0. The summed E-state index contributed by atoms with van der Waals surface area (Å²) in [6.45, 7) is 0. The van der Waals surface area contributed by atoms with Crippen LogP contribution in [0.25, 0.3) is 16.9 Å². The second kappa shape index (κ2) is 2.25. The number of nitroso groups, excluding NO2 is 1. The molecule has 0 bridgehead atoms. The Kier molecular flexibility index (Phi) is 1.11. The molecule has 0 fully saturated rings. The zero-order valence-corrected chi connectivity index (χ0v) is 6.39. The van der Waals surface area contributed by atoms with Crippen LogP contribution in [0.1, 0.15) is 0 Å². The molecule has 0 aliphatic carbocycles. The highest BCUT2D eigenvalue weighted by Crippen LogP contribution is 2.17. The molecule has 0 saturated carbocycles. The maximum Gasteiger partial charge on any atom is 0.248 e. The molecule has 10 heteroatoms. The van der Waals surface area contributed by atoms with Crippen LogP contribution in [0.2, 0.25) is 0 Å². The van der Waals surface area contributed by atoms with Gasteiger partial charge in [0.05, 0.1) is 0 Å². The van der Waals surface area contributed by atoms with Crippen molar-refractivity contribution < 1.29 is 4.63 Å². The minimum absolute atomic E-state index is 0.114. The number of rotatable bonds is 1. The number of hydrogen-bond acceptors (Lipinski definition) is 9. The molecule has 0 aliphatic heterocycles. The van der Waals surface area contributed by atoms with Crippen molar-refractivity contribution in [3.63, 3.8) is 0 Å². The standard InChI is InChI=1S/C4N8O2/c13-7-1-3-6-10-11-12(3)4-2(5-1)8-14-9-4. The zero-order valence-electron chi connectivity index (χ0n) is 6.39. The van der Waals surface area contributed by atoms with Gasteiger partial charge in [-0.3, -0.25) is 0 Å². The van der Waals surface area contributed by atoms with Gasteiger partial charge in [0, 0.05) is 0 Å². The van der Waals surface area contributed by atoms with Gasteiger partial charge >= 0.3 is 0 Å². The second-order valence-electron chi connectivity index (χ2n) is 2.35. The van der Waals surface area contributed by atoms with Crippen molar-refractivity contribution in [3.8, 4) is 0 Å². The van der Waals surface area contributed by atoms with E-state index in [0.29, 0.717) is 0 Å². The fourth-order valence-electron chi connectivity index (χ4n) is 1.06. The average Bonchev–Trinajstić information content (AvgIpc) is 2.83. The maximum atomic E-state index is 10.4. The number of nitrogens with zero attached hydrogens (tertiary/aromatic N) is 8. The SMILES string of the molecule is O=Nc1nc2nonc2n2nnnc12. The van der Waals surface area contributed by atoms with E-state index in [1.165, 1.54) is 4.52 Å². The van der Waals surface area contributed by atoms with Crippen LogP contribution in [-0.4, -0.2) is 35.3 Å². The third-order valence-corrected chi connectivity index (χ3v) is 1.62. The van der Waals surface area contributed by atoms with Crippen molar-refractivity contribution in [1.82, 2.24) is 35.3 Å². The summed E-state index contributed by atoms with van der Waals surface area (Å²) in [5.74, 6) is -0.154. The molecule has 0 aliphatic rings. The lowest BCUT2D eigenvalue weighted by Crippen LogP contribution is -1.93. The van der Waals surface area contributed by atoms with Crippen LogP contribution >= 0.6 is 0 Å². The molecular weight excluding hydrogens is 192 g/mol. The van der Waals surface area contributed by atoms with Gasteiger partial charge in [0.25, 0.3) is 0 Å². The topological polar surface area (TPSA) is 124 Å². The van der Waals surface area contributed by atoms with Gasteiger partial charge < -0.3 is 0 Å². The van der Waals surface area contributed by atoms with Gasteiger partial charge in [0.15, 0.2) is 0 Å². The quantitative estimate of drug-likeness (QED) is 0.470. The smallest absolute Gasteiger partial charge is 0.240 e. The molecule has 10 nitrogen and oxygen atoms in total. The number of hydrogen-bond donors (Lipinski definition) is 0. The summed E-state index contributed by atoms with van der Waals surface area (Å²) in [5.41, 5.74) is 0.472. The van der Waals surface area contributed by atoms with Gasteiger partial charge in [-0.05, 0) is 25.9 Å². The first-order chi connectivity index (χ1) is 6.90. The van der Waals surface area contributed by atoms with Crippen molar-refractivity contribution in [2.75, 3.05) is 0 Å². The van der Waals surface area contributed by atoms with Crippen molar-refractivity contribution in [3.05, 3.63) is 4.91 Å². The number of aromatic nitrogens is 7. The lowest BCUT2D eigenvalue weighted by molar-refractivity contribution is 0.313. The van der Waals surface area contributed by atoms with Crippen molar-refractivity contribution in [1.29, 1.82) is 0 Å². The molecule has 0 atom stereocenters. The van der Waals surface area contributed by atoms with Gasteiger partial charge in [-0.15, -0.1) is 10.0 Å². The molecule has 3 heterocycles. The molecule has 3 rings (SSSR count). The molecule has 14 heavy (non-hydrogen) atoms. The van der Waals surface area contributed by atoms with E-state index in [4.69, 9.17) is 0 Å². The summed E-state index contributed by atoms with van der Waals surface area (Å²) >= 11 is 0. The van der Waals surface area contributed by atoms with Gasteiger partial charge in [-0.25, -0.2) is 4.63 Å². The molecule has 68 valence electrons. The van der Waals surface area contributed by atoms with E-state index in [-0.39, 0.29) is 22.8 Å². The third-order valence-electron chi connectivity index (χ3n) is 1.62. The van der Waals surface area contributed by atoms with Crippen molar-refractivity contribution in [2.45, 2.75) is 0 Å². The molecule has 3 aromatic rings. The van der Waals surface area contributed by atoms with Crippen LogP contribution in [0.3, 0.4) is 0 Å². The molecule has 3 aromatic heterocycles. The number of tetrazole rings is 1. The largest absolute Gasteiger partial charge is 0.248 e. The van der Waals surface area contributed by atoms with E-state index in [2.05, 4.69) is 40.6 Å². The Morgan fingerprint density at radius 1 is 1.29 bits per heavy atom. The minimum atomic E-state index is -0.154. The molecule has 0 spiro atoms. The summed E-state index contributed by atoms with van der Waals surface area (Å²) < 4.78 is 5.60. The molecule has 0 unspecified atom stereocenters. The first kappa shape index (κ1) is 6.94. The Hall–Kier alpha value is -2.52. The highest BCUT2D eigenvalue weighted by molar-refractivity contribution is 5.73. The first-order valence-corrected chi connectivity index (χ1v) is 3.44. The molecule has 0 radical (unpaired) electrons. The van der Waals surface area contributed by atoms with Gasteiger partial charge in [0.2, 0.25) is 22.8 Å². The van der Waals surface area contributed by atoms with E-state index >= 15 is 0 Å². The van der Waals surface area contributed by atoms with Crippen LogP contribution in [-0.2, 0) is 0 Å². The summed E-state index contributed by atoms with van der Waals surface area (Å²) in [4.78, 5) is 14.1. The third kappa shape index (κ3) is 0.688. The monoisotopic (exact) mass is 192 g/mol. The first-order valence-electron chi connectivity index (χ1n) is 3.44. The summed E-state index contributed by atoms with van der Waals surface area (Å²) in [6.07, 6.45) is 0. The average molecular weight is 192 g/mol. The summed E-state index contributed by atoms with van der Waals surface area (Å²) in [5, 5.41) is 20.1. The molecule has 0 saturated heterocycles. The Morgan fingerprint density at radius 3 is 3.07 bits per heavy atom. The molecular formula is C4N8O2. The normalized spacial score (nSPS) is 11.1. The fourth-order valence-corrected chi connectivity index (χ4v) is 1.06. The Bertz CT molecular complexity index is 624. The van der Waals surface area contributed by atoms with Crippen molar-refractivity contribution >= 4 is 22.8 Å².